The number of aromatic nitrogens is 1. The predicted molar refractivity (Wildman–Crippen MR) is 105 cm³/mol. The monoisotopic (exact) mass is 413 g/mol. The number of fused-ring (bicyclic) bond motifs is 1. The van der Waals surface area contributed by atoms with Crippen LogP contribution in [0.4, 0.5) is 23.2 Å². The van der Waals surface area contributed by atoms with Gasteiger partial charge in [0.15, 0.2) is 17.5 Å². The van der Waals surface area contributed by atoms with E-state index in [2.05, 4.69) is 10.9 Å². The van der Waals surface area contributed by atoms with Crippen LogP contribution in [0.15, 0.2) is 66.7 Å². The molecule has 0 fully saturated rings. The van der Waals surface area contributed by atoms with E-state index in [1.165, 1.54) is 6.07 Å². The molecule has 4 rings (SSSR count). The molecule has 1 heterocycles. The number of carbonyl (C=O) groups excluding carboxylic acids is 1. The standard InChI is InChI=1S/C22H15F4N3O/c23-15-7-3-1-6-14(15)12-29-18-8-4-2-5-13(18)11-19(29)22(30)28-27-17-10-9-16(24)20(25)21(17)26/h1-11,27H,12H2,(H,28,30). The molecule has 30 heavy (non-hydrogen) atoms. The van der Waals surface area contributed by atoms with Crippen LogP contribution in [0, 0.1) is 23.3 Å². The Balaban J connectivity index is 1.66. The molecule has 4 aromatic rings. The van der Waals surface area contributed by atoms with E-state index in [0.717, 1.165) is 17.5 Å². The van der Waals surface area contributed by atoms with Crippen LogP contribution in [0.1, 0.15) is 16.1 Å². The molecule has 1 amide bonds. The summed E-state index contributed by atoms with van der Waals surface area (Å²) < 4.78 is 56.1. The number of anilines is 1. The van der Waals surface area contributed by atoms with E-state index in [1.807, 2.05) is 0 Å². The van der Waals surface area contributed by atoms with Gasteiger partial charge in [-0.3, -0.25) is 15.6 Å². The molecular weight excluding hydrogens is 398 g/mol. The Kier molecular flexibility index (Phi) is 5.14. The topological polar surface area (TPSA) is 46.1 Å². The Morgan fingerprint density at radius 2 is 1.57 bits per heavy atom. The lowest BCUT2D eigenvalue weighted by Gasteiger charge is -2.13. The number of hydrogen-bond donors (Lipinski definition) is 2. The van der Waals surface area contributed by atoms with Gasteiger partial charge in [0.1, 0.15) is 11.5 Å². The molecule has 0 aliphatic rings. The molecule has 0 radical (unpaired) electrons. The molecule has 0 atom stereocenters. The zero-order chi connectivity index (χ0) is 21.3. The smallest absolute Gasteiger partial charge is 0.286 e. The van der Waals surface area contributed by atoms with E-state index in [4.69, 9.17) is 0 Å². The van der Waals surface area contributed by atoms with Gasteiger partial charge in [0.25, 0.3) is 5.91 Å². The number of para-hydroxylation sites is 1. The Hall–Kier alpha value is -3.81. The van der Waals surface area contributed by atoms with Crippen molar-refractivity contribution in [2.45, 2.75) is 6.54 Å². The van der Waals surface area contributed by atoms with Gasteiger partial charge in [-0.25, -0.2) is 17.6 Å². The lowest BCUT2D eigenvalue weighted by atomic mass is 10.2. The maximum absolute atomic E-state index is 14.2. The minimum absolute atomic E-state index is 0.0858. The molecule has 1 aromatic heterocycles. The first-order chi connectivity index (χ1) is 14.5. The number of rotatable bonds is 5. The van der Waals surface area contributed by atoms with Crippen LogP contribution in [0.2, 0.25) is 0 Å². The quantitative estimate of drug-likeness (QED) is 0.275. The molecule has 0 aliphatic heterocycles. The number of hydrazine groups is 1. The predicted octanol–water partition coefficient (Wildman–Crippen LogP) is 5.00. The van der Waals surface area contributed by atoms with Crippen LogP contribution in [0.25, 0.3) is 10.9 Å². The minimum Gasteiger partial charge on any atom is -0.332 e. The van der Waals surface area contributed by atoms with Crippen molar-refractivity contribution in [1.82, 2.24) is 9.99 Å². The number of nitrogens with one attached hydrogen (secondary N) is 2. The molecule has 3 aromatic carbocycles. The third-order valence-corrected chi connectivity index (χ3v) is 4.68. The fraction of sp³-hybridized carbons (Fsp3) is 0.0455. The van der Waals surface area contributed by atoms with Crippen molar-refractivity contribution >= 4 is 22.5 Å². The first-order valence-corrected chi connectivity index (χ1v) is 8.97. The van der Waals surface area contributed by atoms with Crippen LogP contribution in [-0.4, -0.2) is 10.5 Å². The summed E-state index contributed by atoms with van der Waals surface area (Å²) in [7, 11) is 0. The van der Waals surface area contributed by atoms with E-state index in [-0.39, 0.29) is 12.2 Å². The van der Waals surface area contributed by atoms with Crippen LogP contribution in [-0.2, 0) is 6.54 Å². The maximum Gasteiger partial charge on any atom is 0.286 e. The van der Waals surface area contributed by atoms with Crippen molar-refractivity contribution < 1.29 is 22.4 Å². The van der Waals surface area contributed by atoms with Crippen LogP contribution < -0.4 is 10.9 Å². The summed E-state index contributed by atoms with van der Waals surface area (Å²) in [6, 6.07) is 16.7. The third kappa shape index (κ3) is 3.59. The summed E-state index contributed by atoms with van der Waals surface area (Å²) in [5, 5.41) is 0.748. The maximum atomic E-state index is 14.2. The lowest BCUT2D eigenvalue weighted by molar-refractivity contribution is 0.0954. The van der Waals surface area contributed by atoms with E-state index in [9.17, 15) is 22.4 Å². The van der Waals surface area contributed by atoms with Crippen LogP contribution >= 0.6 is 0 Å². The number of nitrogens with zero attached hydrogens (tertiary/aromatic N) is 1. The molecule has 0 bridgehead atoms. The summed E-state index contributed by atoms with van der Waals surface area (Å²) in [4.78, 5) is 12.8. The second kappa shape index (κ2) is 7.90. The van der Waals surface area contributed by atoms with Crippen LogP contribution in [0.3, 0.4) is 0 Å². The second-order valence-corrected chi connectivity index (χ2v) is 6.57. The molecule has 0 unspecified atom stereocenters. The minimum atomic E-state index is -1.65. The third-order valence-electron chi connectivity index (χ3n) is 4.68. The fourth-order valence-electron chi connectivity index (χ4n) is 3.18. The molecule has 2 N–H and O–H groups in total. The lowest BCUT2D eigenvalue weighted by Crippen LogP contribution is -2.31. The van der Waals surface area contributed by atoms with E-state index in [1.54, 1.807) is 53.1 Å². The second-order valence-electron chi connectivity index (χ2n) is 6.57. The van der Waals surface area contributed by atoms with Gasteiger partial charge >= 0.3 is 0 Å². The number of hydrogen-bond acceptors (Lipinski definition) is 2. The number of benzene rings is 3. The van der Waals surface area contributed by atoms with Crippen molar-refractivity contribution in [2.75, 3.05) is 5.43 Å². The average Bonchev–Trinajstić information content (AvgIpc) is 3.11. The Morgan fingerprint density at radius 3 is 2.37 bits per heavy atom. The van der Waals surface area contributed by atoms with Crippen molar-refractivity contribution in [3.8, 4) is 0 Å². The molecule has 0 saturated carbocycles. The van der Waals surface area contributed by atoms with Gasteiger partial charge < -0.3 is 4.57 Å². The van der Waals surface area contributed by atoms with Gasteiger partial charge in [0.05, 0.1) is 12.2 Å². The van der Waals surface area contributed by atoms with Crippen molar-refractivity contribution in [3.63, 3.8) is 0 Å². The van der Waals surface area contributed by atoms with Gasteiger partial charge in [-0.1, -0.05) is 36.4 Å². The molecule has 4 nitrogen and oxygen atoms in total. The highest BCUT2D eigenvalue weighted by Gasteiger charge is 2.18. The van der Waals surface area contributed by atoms with Gasteiger partial charge in [-0.15, -0.1) is 0 Å². The first-order valence-electron chi connectivity index (χ1n) is 8.97. The van der Waals surface area contributed by atoms with E-state index in [0.29, 0.717) is 11.1 Å². The summed E-state index contributed by atoms with van der Waals surface area (Å²) in [6.07, 6.45) is 0. The van der Waals surface area contributed by atoms with E-state index >= 15 is 0 Å². The highest BCUT2D eigenvalue weighted by Crippen LogP contribution is 2.23. The average molecular weight is 413 g/mol. The Labute approximate surface area is 168 Å². The SMILES string of the molecule is O=C(NNc1ccc(F)c(F)c1F)c1cc2ccccc2n1Cc1ccccc1F. The van der Waals surface area contributed by atoms with Crippen molar-refractivity contribution in [3.05, 3.63) is 101 Å². The fourth-order valence-corrected chi connectivity index (χ4v) is 3.18. The Morgan fingerprint density at radius 1 is 0.833 bits per heavy atom. The zero-order valence-electron chi connectivity index (χ0n) is 15.4. The summed E-state index contributed by atoms with van der Waals surface area (Å²) in [6.45, 7) is 0.0858. The highest BCUT2D eigenvalue weighted by molar-refractivity contribution is 5.99. The molecule has 8 heteroatoms. The molecule has 0 saturated heterocycles. The van der Waals surface area contributed by atoms with Gasteiger partial charge in [-0.2, -0.15) is 0 Å². The molecular formula is C22H15F4N3O. The number of carbonyl (C=O) groups is 1. The summed E-state index contributed by atoms with van der Waals surface area (Å²) >= 11 is 0. The normalized spacial score (nSPS) is 10.9. The highest BCUT2D eigenvalue weighted by atomic mass is 19.2. The summed E-state index contributed by atoms with van der Waals surface area (Å²) in [5.74, 6) is -5.52. The van der Waals surface area contributed by atoms with Gasteiger partial charge in [0, 0.05) is 16.5 Å². The van der Waals surface area contributed by atoms with Gasteiger partial charge in [0.2, 0.25) is 0 Å². The van der Waals surface area contributed by atoms with Crippen molar-refractivity contribution in [1.29, 1.82) is 0 Å². The first kappa shape index (κ1) is 19.5. The van der Waals surface area contributed by atoms with Crippen LogP contribution in [0.5, 0.6) is 0 Å². The summed E-state index contributed by atoms with van der Waals surface area (Å²) in [5.41, 5.74) is 5.35. The molecule has 0 aliphatic carbocycles. The van der Waals surface area contributed by atoms with Crippen molar-refractivity contribution in [2.24, 2.45) is 0 Å². The Bertz CT molecular complexity index is 1250. The zero-order valence-corrected chi connectivity index (χ0v) is 15.4. The largest absolute Gasteiger partial charge is 0.332 e. The molecule has 0 spiro atoms. The van der Waals surface area contributed by atoms with E-state index < -0.39 is 34.9 Å². The number of amides is 1. The van der Waals surface area contributed by atoms with Gasteiger partial charge in [-0.05, 0) is 30.3 Å². The number of halogens is 4. The molecule has 152 valence electrons.